The van der Waals surface area contributed by atoms with E-state index in [0.717, 1.165) is 21.1 Å². The number of anilines is 2. The topological polar surface area (TPSA) is 68.0 Å². The first-order valence-electron chi connectivity index (χ1n) is 5.45. The molecule has 4 nitrogen and oxygen atoms in total. The number of benzene rings is 1. The molecule has 3 N–H and O–H groups in total. The van der Waals surface area contributed by atoms with Crippen LogP contribution >= 0.6 is 15.9 Å². The van der Waals surface area contributed by atoms with E-state index in [1.807, 2.05) is 18.2 Å². The van der Waals surface area contributed by atoms with E-state index in [2.05, 4.69) is 26.2 Å². The third kappa shape index (κ3) is 3.00. The summed E-state index contributed by atoms with van der Waals surface area (Å²) in [5.41, 5.74) is 8.38. The molecule has 0 spiro atoms. The minimum absolute atomic E-state index is 0.613. The zero-order valence-electron chi connectivity index (χ0n) is 9.94. The van der Waals surface area contributed by atoms with Gasteiger partial charge in [0.2, 0.25) is 0 Å². The molecule has 0 amide bonds. The predicted octanol–water partition coefficient (Wildman–Crippen LogP) is 2.37. The first kappa shape index (κ1) is 13.3. The van der Waals surface area contributed by atoms with Gasteiger partial charge >= 0.3 is 0 Å². The molecule has 0 radical (unpaired) electrons. The molecule has 6 heteroatoms. The van der Waals surface area contributed by atoms with Gasteiger partial charge in [-0.25, -0.2) is 0 Å². The smallest absolute Gasteiger partial charge is 0.0954 e. The number of nitrogens with two attached hydrogens (primary N) is 1. The van der Waals surface area contributed by atoms with Crippen molar-refractivity contribution < 1.29 is 4.21 Å². The number of nitrogens with zero attached hydrogens (tertiary/aromatic N) is 1. The number of nitrogens with one attached hydrogen (secondary N) is 1. The van der Waals surface area contributed by atoms with Crippen molar-refractivity contribution in [1.82, 2.24) is 4.98 Å². The molecule has 0 fully saturated rings. The van der Waals surface area contributed by atoms with Gasteiger partial charge in [0.25, 0.3) is 0 Å². The quantitative estimate of drug-likeness (QED) is 0.846. The predicted molar refractivity (Wildman–Crippen MR) is 81.3 cm³/mol. The molecule has 0 saturated carbocycles. The Bertz CT molecular complexity index is 603. The van der Waals surface area contributed by atoms with Crippen molar-refractivity contribution in [2.24, 2.45) is 0 Å². The Morgan fingerprint density at radius 3 is 3.00 bits per heavy atom. The standard InChI is InChI=1S/C12H14BrN3OS/c1-18(17)5-4-15-11-3-2-10(14)9-6-8(13)7-16-12(9)11/h2-3,6-7,15H,4-5,14H2,1H3. The largest absolute Gasteiger partial charge is 0.398 e. The van der Waals surface area contributed by atoms with Gasteiger partial charge in [0.05, 0.1) is 11.2 Å². The number of rotatable bonds is 4. The van der Waals surface area contributed by atoms with Gasteiger partial charge in [0.1, 0.15) is 0 Å². The molecule has 0 aliphatic carbocycles. The monoisotopic (exact) mass is 327 g/mol. The summed E-state index contributed by atoms with van der Waals surface area (Å²) in [4.78, 5) is 4.37. The fraction of sp³-hybridized carbons (Fsp3) is 0.250. The Labute approximate surface area is 117 Å². The Morgan fingerprint density at radius 1 is 1.50 bits per heavy atom. The summed E-state index contributed by atoms with van der Waals surface area (Å²) in [6.07, 6.45) is 3.43. The molecule has 1 unspecified atom stereocenters. The number of halogens is 1. The first-order chi connectivity index (χ1) is 8.58. The highest BCUT2D eigenvalue weighted by Gasteiger charge is 2.06. The molecule has 1 aromatic heterocycles. The summed E-state index contributed by atoms with van der Waals surface area (Å²) < 4.78 is 11.9. The van der Waals surface area contributed by atoms with Crippen molar-refractivity contribution in [3.63, 3.8) is 0 Å². The maximum absolute atomic E-state index is 11.0. The van der Waals surface area contributed by atoms with Crippen LogP contribution in [0.4, 0.5) is 11.4 Å². The highest BCUT2D eigenvalue weighted by atomic mass is 79.9. The van der Waals surface area contributed by atoms with E-state index in [1.54, 1.807) is 12.5 Å². The normalized spacial score (nSPS) is 12.6. The van der Waals surface area contributed by atoms with Gasteiger partial charge in [-0.2, -0.15) is 0 Å². The molecule has 18 heavy (non-hydrogen) atoms. The average molecular weight is 328 g/mol. The number of fused-ring (bicyclic) bond motifs is 1. The van der Waals surface area contributed by atoms with Crippen molar-refractivity contribution in [3.8, 4) is 0 Å². The minimum atomic E-state index is -0.796. The summed E-state index contributed by atoms with van der Waals surface area (Å²) >= 11 is 3.38. The third-order valence-corrected chi connectivity index (χ3v) is 3.77. The van der Waals surface area contributed by atoms with E-state index in [4.69, 9.17) is 5.73 Å². The van der Waals surface area contributed by atoms with Crippen molar-refractivity contribution in [1.29, 1.82) is 0 Å². The van der Waals surface area contributed by atoms with Crippen molar-refractivity contribution >= 4 is 49.0 Å². The lowest BCUT2D eigenvalue weighted by molar-refractivity contribution is 0.687. The zero-order chi connectivity index (χ0) is 13.1. The molecule has 96 valence electrons. The second kappa shape index (κ2) is 5.67. The van der Waals surface area contributed by atoms with Crippen LogP contribution in [0.15, 0.2) is 28.9 Å². The Morgan fingerprint density at radius 2 is 2.28 bits per heavy atom. The van der Waals surface area contributed by atoms with Gasteiger partial charge in [-0.1, -0.05) is 0 Å². The molecule has 2 aromatic rings. The molecule has 0 aliphatic rings. The lowest BCUT2D eigenvalue weighted by Crippen LogP contribution is -2.10. The maximum Gasteiger partial charge on any atom is 0.0954 e. The van der Waals surface area contributed by atoms with Crippen LogP contribution in [0.1, 0.15) is 0 Å². The molecule has 0 aliphatic heterocycles. The molecular weight excluding hydrogens is 314 g/mol. The Balaban J connectivity index is 2.34. The lowest BCUT2D eigenvalue weighted by Gasteiger charge is -2.10. The summed E-state index contributed by atoms with van der Waals surface area (Å²) in [5, 5.41) is 4.15. The number of hydrogen-bond acceptors (Lipinski definition) is 4. The number of hydrogen-bond donors (Lipinski definition) is 2. The Kier molecular flexibility index (Phi) is 4.19. The van der Waals surface area contributed by atoms with Gasteiger partial charge in [-0.15, -0.1) is 0 Å². The molecule has 1 aromatic carbocycles. The highest BCUT2D eigenvalue weighted by Crippen LogP contribution is 2.28. The highest BCUT2D eigenvalue weighted by molar-refractivity contribution is 9.10. The molecule has 2 rings (SSSR count). The second-order valence-electron chi connectivity index (χ2n) is 3.96. The van der Waals surface area contributed by atoms with Crippen LogP contribution in [-0.2, 0) is 10.8 Å². The average Bonchev–Trinajstić information content (AvgIpc) is 2.32. The minimum Gasteiger partial charge on any atom is -0.398 e. The van der Waals surface area contributed by atoms with E-state index in [1.165, 1.54) is 0 Å². The summed E-state index contributed by atoms with van der Waals surface area (Å²) in [7, 11) is -0.796. The van der Waals surface area contributed by atoms with Crippen LogP contribution in [-0.4, -0.2) is 27.7 Å². The second-order valence-corrected chi connectivity index (χ2v) is 6.43. The summed E-state index contributed by atoms with van der Waals surface area (Å²) in [6, 6.07) is 5.69. The van der Waals surface area contributed by atoms with Gasteiger partial charge in [-0.3, -0.25) is 9.19 Å². The summed E-state index contributed by atoms with van der Waals surface area (Å²) in [6.45, 7) is 0.653. The van der Waals surface area contributed by atoms with E-state index in [-0.39, 0.29) is 0 Å². The van der Waals surface area contributed by atoms with Crippen LogP contribution in [0.2, 0.25) is 0 Å². The SMILES string of the molecule is CS(=O)CCNc1ccc(N)c2cc(Br)cnc12. The van der Waals surface area contributed by atoms with Crippen molar-refractivity contribution in [2.45, 2.75) is 0 Å². The summed E-state index contributed by atoms with van der Waals surface area (Å²) in [5.74, 6) is 0.613. The molecule has 1 heterocycles. The maximum atomic E-state index is 11.0. The van der Waals surface area contributed by atoms with Crippen LogP contribution in [0, 0.1) is 0 Å². The van der Waals surface area contributed by atoms with E-state index >= 15 is 0 Å². The van der Waals surface area contributed by atoms with Gasteiger partial charge in [-0.05, 0) is 34.1 Å². The van der Waals surface area contributed by atoms with Crippen molar-refractivity contribution in [3.05, 3.63) is 28.9 Å². The van der Waals surface area contributed by atoms with Gasteiger partial charge in [0, 0.05) is 51.1 Å². The van der Waals surface area contributed by atoms with Gasteiger partial charge < -0.3 is 11.1 Å². The number of aromatic nitrogens is 1. The molecule has 0 saturated heterocycles. The third-order valence-electron chi connectivity index (χ3n) is 2.55. The number of pyridine rings is 1. The molecule has 1 atom stereocenters. The van der Waals surface area contributed by atoms with E-state index in [0.29, 0.717) is 18.0 Å². The van der Waals surface area contributed by atoms with E-state index < -0.39 is 10.8 Å². The lowest BCUT2D eigenvalue weighted by atomic mass is 10.1. The van der Waals surface area contributed by atoms with Gasteiger partial charge in [0.15, 0.2) is 0 Å². The van der Waals surface area contributed by atoms with Crippen LogP contribution in [0.25, 0.3) is 10.9 Å². The van der Waals surface area contributed by atoms with Crippen molar-refractivity contribution in [2.75, 3.05) is 29.6 Å². The van der Waals surface area contributed by atoms with Crippen LogP contribution in [0.5, 0.6) is 0 Å². The molecular formula is C12H14BrN3OS. The number of nitrogen functional groups attached to an aromatic ring is 1. The van der Waals surface area contributed by atoms with E-state index in [9.17, 15) is 4.21 Å². The Hall–Kier alpha value is -1.14. The first-order valence-corrected chi connectivity index (χ1v) is 7.97. The van der Waals surface area contributed by atoms with Crippen LogP contribution in [0.3, 0.4) is 0 Å². The van der Waals surface area contributed by atoms with Crippen LogP contribution < -0.4 is 11.1 Å². The fourth-order valence-electron chi connectivity index (χ4n) is 1.69. The zero-order valence-corrected chi connectivity index (χ0v) is 12.3. The molecule has 0 bridgehead atoms. The fourth-order valence-corrected chi connectivity index (χ4v) is 2.41.